The van der Waals surface area contributed by atoms with E-state index in [1.807, 2.05) is 20.9 Å². The molecular weight excluding hydrogens is 468 g/mol. The van der Waals surface area contributed by atoms with Crippen molar-refractivity contribution in [3.63, 3.8) is 0 Å². The maximum absolute atomic E-state index is 12.8. The molecule has 1 aliphatic rings. The molecule has 2 aromatic heterocycles. The molecule has 0 spiro atoms. The molecule has 3 heterocycles. The highest BCUT2D eigenvalue weighted by molar-refractivity contribution is 7.17. The van der Waals surface area contributed by atoms with Gasteiger partial charge in [0.2, 0.25) is 0 Å². The molecule has 0 saturated carbocycles. The number of halogens is 1. The molecule has 1 amide bonds. The highest BCUT2D eigenvalue weighted by Crippen LogP contribution is 2.30. The van der Waals surface area contributed by atoms with Crippen molar-refractivity contribution in [1.29, 1.82) is 0 Å². The number of esters is 1. The molecule has 33 heavy (non-hydrogen) atoms. The second-order valence-electron chi connectivity index (χ2n) is 7.54. The fourth-order valence-electron chi connectivity index (χ4n) is 3.72. The first kappa shape index (κ1) is 25.4. The van der Waals surface area contributed by atoms with Gasteiger partial charge in [-0.25, -0.2) is 14.8 Å². The minimum atomic E-state index is -0.362. The summed E-state index contributed by atoms with van der Waals surface area (Å²) in [6, 6.07) is -0.191. The Hall–Kier alpha value is -2.21. The average Bonchev–Trinajstić information content (AvgIpc) is 3.39. The molecule has 2 atom stereocenters. The van der Waals surface area contributed by atoms with Gasteiger partial charge in [-0.05, 0) is 33.7 Å². The second-order valence-corrected chi connectivity index (χ2v) is 8.88. The first-order valence-corrected chi connectivity index (χ1v) is 12.3. The molecular formula is C21H31ClN6O4S. The van der Waals surface area contributed by atoms with E-state index in [9.17, 15) is 9.59 Å². The van der Waals surface area contributed by atoms with Crippen molar-refractivity contribution in [3.05, 3.63) is 27.2 Å². The van der Waals surface area contributed by atoms with Gasteiger partial charge in [0.15, 0.2) is 16.1 Å². The molecule has 1 fully saturated rings. The summed E-state index contributed by atoms with van der Waals surface area (Å²) in [5.74, 6) is -0.473. The fourth-order valence-corrected chi connectivity index (χ4v) is 5.00. The third-order valence-corrected chi connectivity index (χ3v) is 6.77. The zero-order chi connectivity index (χ0) is 24.0. The van der Waals surface area contributed by atoms with Crippen molar-refractivity contribution in [2.24, 2.45) is 0 Å². The van der Waals surface area contributed by atoms with E-state index in [1.54, 1.807) is 6.92 Å². The number of carbonyl (C=O) groups is 2. The molecule has 3 N–H and O–H groups in total. The van der Waals surface area contributed by atoms with Gasteiger partial charge >= 0.3 is 5.97 Å². The minimum Gasteiger partial charge on any atom is -0.462 e. The summed E-state index contributed by atoms with van der Waals surface area (Å²) in [7, 11) is 1.81. The molecule has 1 aliphatic heterocycles. The third kappa shape index (κ3) is 6.03. The Kier molecular flexibility index (Phi) is 9.07. The van der Waals surface area contributed by atoms with Gasteiger partial charge in [0, 0.05) is 26.2 Å². The molecule has 182 valence electrons. The Morgan fingerprint density at radius 1 is 1.27 bits per heavy atom. The summed E-state index contributed by atoms with van der Waals surface area (Å²) in [5.41, 5.74) is 1.40. The van der Waals surface area contributed by atoms with Crippen molar-refractivity contribution < 1.29 is 19.1 Å². The summed E-state index contributed by atoms with van der Waals surface area (Å²) < 4.78 is 11.2. The Balaban J connectivity index is 1.73. The number of nitrogens with zero attached hydrogens (tertiary/aromatic N) is 3. The van der Waals surface area contributed by atoms with Crippen LogP contribution < -0.4 is 15.5 Å². The Bertz CT molecular complexity index is 965. The number of aryl methyl sites for hydroxylation is 1. The number of hydrogen-bond acceptors (Lipinski definition) is 9. The summed E-state index contributed by atoms with van der Waals surface area (Å²) >= 11 is 7.40. The second kappa shape index (κ2) is 11.8. The van der Waals surface area contributed by atoms with Crippen LogP contribution in [0, 0.1) is 0 Å². The van der Waals surface area contributed by atoms with Gasteiger partial charge in [-0.3, -0.25) is 4.79 Å². The number of piperidine rings is 1. The molecule has 0 aliphatic carbocycles. The van der Waals surface area contributed by atoms with E-state index in [0.29, 0.717) is 61.4 Å². The number of rotatable bonds is 10. The smallest absolute Gasteiger partial charge is 0.350 e. The number of carbonyl (C=O) groups excluding carboxylic acids is 2. The highest BCUT2D eigenvalue weighted by Gasteiger charge is 2.34. The third-order valence-electron chi connectivity index (χ3n) is 5.31. The normalized spacial score (nSPS) is 18.4. The van der Waals surface area contributed by atoms with Crippen LogP contribution in [-0.4, -0.2) is 72.3 Å². The highest BCUT2D eigenvalue weighted by atomic mass is 35.5. The number of imidazole rings is 1. The number of aromatic nitrogens is 3. The Morgan fingerprint density at radius 2 is 2.06 bits per heavy atom. The van der Waals surface area contributed by atoms with Crippen LogP contribution in [0.15, 0.2) is 0 Å². The number of ether oxygens (including phenoxy) is 2. The topological polar surface area (TPSA) is 121 Å². The zero-order valence-electron chi connectivity index (χ0n) is 19.4. The predicted molar refractivity (Wildman–Crippen MR) is 127 cm³/mol. The van der Waals surface area contributed by atoms with Crippen molar-refractivity contribution in [1.82, 2.24) is 25.6 Å². The average molecular weight is 499 g/mol. The minimum absolute atomic E-state index is 0.191. The number of amides is 1. The van der Waals surface area contributed by atoms with E-state index in [0.717, 1.165) is 10.8 Å². The number of anilines is 1. The largest absolute Gasteiger partial charge is 0.462 e. The fraction of sp³-hybridized carbons (Fsp3) is 0.619. The summed E-state index contributed by atoms with van der Waals surface area (Å²) in [6.07, 6.45) is 1.07. The molecule has 10 nitrogen and oxygen atoms in total. The van der Waals surface area contributed by atoms with E-state index in [1.165, 1.54) is 11.3 Å². The lowest BCUT2D eigenvalue weighted by atomic mass is 10.0. The zero-order valence-corrected chi connectivity index (χ0v) is 20.9. The van der Waals surface area contributed by atoms with Crippen molar-refractivity contribution in [2.45, 2.75) is 52.3 Å². The number of H-pyrrole nitrogens is 1. The van der Waals surface area contributed by atoms with Crippen LogP contribution in [-0.2, 0) is 22.4 Å². The number of aromatic amines is 1. The van der Waals surface area contributed by atoms with Crippen LogP contribution in [0.5, 0.6) is 0 Å². The van der Waals surface area contributed by atoms with Gasteiger partial charge in [-0.2, -0.15) is 0 Å². The van der Waals surface area contributed by atoms with E-state index in [2.05, 4.69) is 30.5 Å². The van der Waals surface area contributed by atoms with E-state index in [4.69, 9.17) is 21.1 Å². The van der Waals surface area contributed by atoms with Gasteiger partial charge in [0.05, 0.1) is 30.1 Å². The monoisotopic (exact) mass is 498 g/mol. The van der Waals surface area contributed by atoms with Gasteiger partial charge in [0.1, 0.15) is 4.88 Å². The lowest BCUT2D eigenvalue weighted by Crippen LogP contribution is -2.55. The van der Waals surface area contributed by atoms with E-state index in [-0.39, 0.29) is 29.8 Å². The van der Waals surface area contributed by atoms with Crippen LogP contribution in [0.4, 0.5) is 5.13 Å². The van der Waals surface area contributed by atoms with Gasteiger partial charge < -0.3 is 30.0 Å². The van der Waals surface area contributed by atoms with E-state index < -0.39 is 0 Å². The lowest BCUT2D eigenvalue weighted by Gasteiger charge is -2.38. The predicted octanol–water partition coefficient (Wildman–Crippen LogP) is 2.39. The van der Waals surface area contributed by atoms with Gasteiger partial charge in [0.25, 0.3) is 5.91 Å². The number of hydrogen-bond donors (Lipinski definition) is 3. The van der Waals surface area contributed by atoms with Crippen molar-refractivity contribution in [2.75, 3.05) is 38.3 Å². The van der Waals surface area contributed by atoms with Crippen LogP contribution >= 0.6 is 22.9 Å². The SMILES string of the molecule is CCOC(=O)c1sc(N2CC[C@H](NC(=O)c3nc(Cl)c(CC)[nH]3)[C@H](OCC)C2)nc1CNC. The van der Waals surface area contributed by atoms with Gasteiger partial charge in [-0.1, -0.05) is 29.9 Å². The van der Waals surface area contributed by atoms with Gasteiger partial charge in [-0.15, -0.1) is 0 Å². The molecule has 12 heteroatoms. The standard InChI is InChI=1S/C21H31ClN6O4S/c1-5-12-17(22)27-18(24-12)19(29)25-13-8-9-28(11-15(13)31-6-2)21-26-14(10-23-4)16(33-21)20(30)32-7-3/h13,15,23H,5-11H2,1-4H3,(H,24,27)(H,25,29)/t13-,15+/m0/s1. The van der Waals surface area contributed by atoms with Crippen LogP contribution in [0.2, 0.25) is 5.15 Å². The molecule has 0 radical (unpaired) electrons. The molecule has 1 saturated heterocycles. The maximum Gasteiger partial charge on any atom is 0.350 e. The Morgan fingerprint density at radius 3 is 2.70 bits per heavy atom. The molecule has 0 aromatic carbocycles. The lowest BCUT2D eigenvalue weighted by molar-refractivity contribution is 0.0271. The Labute approximate surface area is 202 Å². The molecule has 3 rings (SSSR count). The molecule has 0 unspecified atom stereocenters. The maximum atomic E-state index is 12.8. The number of nitrogens with one attached hydrogen (secondary N) is 3. The first-order chi connectivity index (χ1) is 15.9. The van der Waals surface area contributed by atoms with E-state index >= 15 is 0 Å². The molecule has 0 bridgehead atoms. The van der Waals surface area contributed by atoms with Crippen molar-refractivity contribution in [3.8, 4) is 0 Å². The number of thiazole rings is 1. The van der Waals surface area contributed by atoms with Crippen molar-refractivity contribution >= 4 is 39.9 Å². The summed E-state index contributed by atoms with van der Waals surface area (Å²) in [6.45, 7) is 8.12. The summed E-state index contributed by atoms with van der Waals surface area (Å²) in [5, 5.41) is 7.14. The molecule has 2 aromatic rings. The van der Waals surface area contributed by atoms with Crippen LogP contribution in [0.3, 0.4) is 0 Å². The quantitative estimate of drug-likeness (QED) is 0.427. The van der Waals surface area contributed by atoms with Crippen LogP contribution in [0.25, 0.3) is 0 Å². The first-order valence-electron chi connectivity index (χ1n) is 11.1. The summed E-state index contributed by atoms with van der Waals surface area (Å²) in [4.78, 5) is 39.5. The van der Waals surface area contributed by atoms with Crippen LogP contribution in [0.1, 0.15) is 58.9 Å².